The van der Waals surface area contributed by atoms with Crippen molar-refractivity contribution in [2.45, 2.75) is 155 Å². The van der Waals surface area contributed by atoms with E-state index in [2.05, 4.69) is 19.2 Å². The van der Waals surface area contributed by atoms with Gasteiger partial charge in [-0.3, -0.25) is 4.79 Å². The summed E-state index contributed by atoms with van der Waals surface area (Å²) in [6.45, 7) is 9.87. The van der Waals surface area contributed by atoms with Crippen LogP contribution in [0.2, 0.25) is 0 Å². The number of carbonyl (C=O) groups excluding carboxylic acids is 2. The molecular weight excluding hydrogens is 430 g/mol. The molecule has 0 bridgehead atoms. The first kappa shape index (κ1) is 32.9. The number of hydrogen-bond acceptors (Lipinski definition) is 5. The summed E-state index contributed by atoms with van der Waals surface area (Å²) < 4.78 is 10.7. The van der Waals surface area contributed by atoms with Crippen LogP contribution in [0, 0.1) is 0 Å². The molecule has 0 aliphatic carbocycles. The Balaban J connectivity index is 3.97. The third-order valence-electron chi connectivity index (χ3n) is 5.85. The highest BCUT2D eigenvalue weighted by atomic mass is 16.6. The molecule has 0 aliphatic rings. The lowest BCUT2D eigenvalue weighted by Crippen LogP contribution is -2.44. The van der Waals surface area contributed by atoms with E-state index in [1.165, 1.54) is 64.2 Å². The molecular formula is C28H55NO5. The minimum Gasteiger partial charge on any atom is -0.458 e. The topological polar surface area (TPSA) is 84.9 Å². The Kier molecular flexibility index (Phi) is 20.5. The zero-order valence-electron chi connectivity index (χ0n) is 23.0. The number of nitrogens with one attached hydrogen (secondary N) is 1. The zero-order valence-corrected chi connectivity index (χ0v) is 23.0. The van der Waals surface area contributed by atoms with Gasteiger partial charge < -0.3 is 19.9 Å². The Morgan fingerprint density at radius 3 is 1.76 bits per heavy atom. The molecule has 0 rings (SSSR count). The van der Waals surface area contributed by atoms with Crippen LogP contribution in [0.4, 0.5) is 0 Å². The standard InChI is InChI=1S/C28H55NO5/c1-6-8-10-11-12-13-14-15-16-17-18-19-21-25(30)27(32)29-24(20-9-7-2)22-33-23-26(31)34-28(3,4)5/h24-25,30H,6-23H2,1-5H3,(H,29,32)/t24?,25-/m0/s1. The Bertz CT molecular complexity index is 504. The summed E-state index contributed by atoms with van der Waals surface area (Å²) in [5.41, 5.74) is -0.547. The van der Waals surface area contributed by atoms with Gasteiger partial charge in [0.1, 0.15) is 18.3 Å². The van der Waals surface area contributed by atoms with Gasteiger partial charge in [-0.15, -0.1) is 0 Å². The van der Waals surface area contributed by atoms with Gasteiger partial charge in [0.15, 0.2) is 0 Å². The lowest BCUT2D eigenvalue weighted by atomic mass is 10.0. The molecule has 0 radical (unpaired) electrons. The predicted octanol–water partition coefficient (Wildman–Crippen LogP) is 6.47. The van der Waals surface area contributed by atoms with Gasteiger partial charge >= 0.3 is 5.97 Å². The van der Waals surface area contributed by atoms with Gasteiger partial charge in [-0.1, -0.05) is 104 Å². The van der Waals surface area contributed by atoms with E-state index in [4.69, 9.17) is 9.47 Å². The zero-order chi connectivity index (χ0) is 25.7. The molecule has 6 heteroatoms. The van der Waals surface area contributed by atoms with E-state index in [-0.39, 0.29) is 25.2 Å². The Labute approximate surface area is 209 Å². The molecule has 0 aromatic rings. The molecule has 34 heavy (non-hydrogen) atoms. The monoisotopic (exact) mass is 485 g/mol. The van der Waals surface area contributed by atoms with E-state index in [0.717, 1.165) is 32.1 Å². The van der Waals surface area contributed by atoms with Crippen LogP contribution in [-0.4, -0.2) is 47.9 Å². The number of carbonyl (C=O) groups is 2. The van der Waals surface area contributed by atoms with Gasteiger partial charge in [0.2, 0.25) is 5.91 Å². The van der Waals surface area contributed by atoms with E-state index in [1.807, 2.05) is 20.8 Å². The first-order valence-electron chi connectivity index (χ1n) is 14.0. The maximum absolute atomic E-state index is 12.4. The van der Waals surface area contributed by atoms with Gasteiger partial charge in [-0.05, 0) is 33.6 Å². The molecule has 0 spiro atoms. The normalized spacial score (nSPS) is 13.5. The van der Waals surface area contributed by atoms with Crippen molar-refractivity contribution in [3.63, 3.8) is 0 Å². The SMILES string of the molecule is CCCCCCCCCCCCCC[C@H](O)C(=O)NC(CCCC)COCC(=O)OC(C)(C)C. The molecule has 6 nitrogen and oxygen atoms in total. The fourth-order valence-corrected chi connectivity index (χ4v) is 3.91. The van der Waals surface area contributed by atoms with Crippen molar-refractivity contribution in [2.24, 2.45) is 0 Å². The first-order valence-corrected chi connectivity index (χ1v) is 14.0. The van der Waals surface area contributed by atoms with Crippen LogP contribution in [0.25, 0.3) is 0 Å². The van der Waals surface area contributed by atoms with Crippen LogP contribution in [0.15, 0.2) is 0 Å². The van der Waals surface area contributed by atoms with Gasteiger partial charge in [0.25, 0.3) is 0 Å². The number of unbranched alkanes of at least 4 members (excludes halogenated alkanes) is 12. The fourth-order valence-electron chi connectivity index (χ4n) is 3.91. The summed E-state index contributed by atoms with van der Waals surface area (Å²) in [4.78, 5) is 24.2. The molecule has 2 atom stereocenters. The molecule has 0 aromatic carbocycles. The smallest absolute Gasteiger partial charge is 0.332 e. The van der Waals surface area contributed by atoms with Crippen LogP contribution < -0.4 is 5.32 Å². The fraction of sp³-hybridized carbons (Fsp3) is 0.929. The molecule has 0 saturated carbocycles. The maximum Gasteiger partial charge on any atom is 0.332 e. The number of rotatable bonds is 22. The maximum atomic E-state index is 12.4. The molecule has 202 valence electrons. The largest absolute Gasteiger partial charge is 0.458 e. The third-order valence-corrected chi connectivity index (χ3v) is 5.85. The third kappa shape index (κ3) is 21.4. The van der Waals surface area contributed by atoms with Crippen LogP contribution in [0.3, 0.4) is 0 Å². The summed E-state index contributed by atoms with van der Waals surface area (Å²) in [5, 5.41) is 13.2. The second kappa shape index (κ2) is 21.2. The molecule has 0 aromatic heterocycles. The molecule has 0 saturated heterocycles. The van der Waals surface area contributed by atoms with E-state index in [1.54, 1.807) is 0 Å². The van der Waals surface area contributed by atoms with Crippen molar-refractivity contribution in [1.29, 1.82) is 0 Å². The van der Waals surface area contributed by atoms with E-state index >= 15 is 0 Å². The van der Waals surface area contributed by atoms with E-state index in [9.17, 15) is 14.7 Å². The molecule has 0 fully saturated rings. The van der Waals surface area contributed by atoms with Crippen LogP contribution in [0.5, 0.6) is 0 Å². The van der Waals surface area contributed by atoms with Crippen LogP contribution in [-0.2, 0) is 19.1 Å². The Morgan fingerprint density at radius 2 is 1.26 bits per heavy atom. The van der Waals surface area contributed by atoms with Crippen molar-refractivity contribution >= 4 is 11.9 Å². The van der Waals surface area contributed by atoms with Crippen molar-refractivity contribution in [3.05, 3.63) is 0 Å². The summed E-state index contributed by atoms with van der Waals surface area (Å²) in [5.74, 6) is -0.759. The lowest BCUT2D eigenvalue weighted by Gasteiger charge is -2.22. The first-order chi connectivity index (χ1) is 16.2. The van der Waals surface area contributed by atoms with Crippen LogP contribution >= 0.6 is 0 Å². The van der Waals surface area contributed by atoms with Gasteiger partial charge in [-0.25, -0.2) is 4.79 Å². The molecule has 1 unspecified atom stereocenters. The Morgan fingerprint density at radius 1 is 0.765 bits per heavy atom. The average Bonchev–Trinajstić information content (AvgIpc) is 2.76. The highest BCUT2D eigenvalue weighted by molar-refractivity contribution is 5.80. The average molecular weight is 486 g/mol. The Hall–Kier alpha value is -1.14. The van der Waals surface area contributed by atoms with Crippen molar-refractivity contribution in [2.75, 3.05) is 13.2 Å². The van der Waals surface area contributed by atoms with Crippen molar-refractivity contribution in [1.82, 2.24) is 5.32 Å². The van der Waals surface area contributed by atoms with Crippen LogP contribution in [0.1, 0.15) is 137 Å². The molecule has 0 heterocycles. The van der Waals surface area contributed by atoms with Crippen molar-refractivity contribution < 1.29 is 24.2 Å². The number of aliphatic hydroxyl groups is 1. The van der Waals surface area contributed by atoms with E-state index < -0.39 is 17.7 Å². The number of hydrogen-bond donors (Lipinski definition) is 2. The highest BCUT2D eigenvalue weighted by Gasteiger charge is 2.20. The number of amides is 1. The van der Waals surface area contributed by atoms with Crippen molar-refractivity contribution in [3.8, 4) is 0 Å². The molecule has 2 N–H and O–H groups in total. The quantitative estimate of drug-likeness (QED) is 0.136. The molecule has 0 aliphatic heterocycles. The minimum absolute atomic E-state index is 0.142. The number of aliphatic hydroxyl groups excluding tert-OH is 1. The summed E-state index contributed by atoms with van der Waals surface area (Å²) in [7, 11) is 0. The second-order valence-corrected chi connectivity index (χ2v) is 10.6. The molecule has 1 amide bonds. The summed E-state index contributed by atoms with van der Waals surface area (Å²) in [6, 6.07) is -0.216. The number of ether oxygens (including phenoxy) is 2. The highest BCUT2D eigenvalue weighted by Crippen LogP contribution is 2.13. The van der Waals surface area contributed by atoms with Gasteiger partial charge in [0, 0.05) is 0 Å². The lowest BCUT2D eigenvalue weighted by molar-refractivity contribution is -0.160. The predicted molar refractivity (Wildman–Crippen MR) is 140 cm³/mol. The summed E-state index contributed by atoms with van der Waals surface area (Å²) >= 11 is 0. The van der Waals surface area contributed by atoms with E-state index in [0.29, 0.717) is 6.42 Å². The van der Waals surface area contributed by atoms with Gasteiger partial charge in [0.05, 0.1) is 12.6 Å². The summed E-state index contributed by atoms with van der Waals surface area (Å²) in [6.07, 6.45) is 17.3. The minimum atomic E-state index is -0.988. The second-order valence-electron chi connectivity index (χ2n) is 10.6. The van der Waals surface area contributed by atoms with Gasteiger partial charge in [-0.2, -0.15) is 0 Å². The number of esters is 1.